The van der Waals surface area contributed by atoms with Crippen LogP contribution >= 0.6 is 0 Å². The lowest BCUT2D eigenvalue weighted by Crippen LogP contribution is -2.22. The zero-order valence-electron chi connectivity index (χ0n) is 16.3. The van der Waals surface area contributed by atoms with E-state index < -0.39 is 17.2 Å². The van der Waals surface area contributed by atoms with Crippen LogP contribution in [0.2, 0.25) is 0 Å². The summed E-state index contributed by atoms with van der Waals surface area (Å²) in [4.78, 5) is 29.2. The van der Waals surface area contributed by atoms with Crippen LogP contribution in [0.4, 0.5) is 14.5 Å². The minimum Gasteiger partial charge on any atom is -0.326 e. The number of nitrogens with zero attached hydrogens (tertiary/aromatic N) is 2. The van der Waals surface area contributed by atoms with E-state index in [1.807, 2.05) is 0 Å². The zero-order chi connectivity index (χ0) is 21.8. The molecule has 0 radical (unpaired) electrons. The molecule has 152 valence electrons. The maximum Gasteiger partial charge on any atom is 0.266 e. The Morgan fingerprint density at radius 2 is 1.83 bits per heavy atom. The first kappa shape index (κ1) is 20.9. The molecular formula is C23H19F2N3O2. The Bertz CT molecular complexity index is 1240. The van der Waals surface area contributed by atoms with Gasteiger partial charge in [-0.3, -0.25) is 14.2 Å². The van der Waals surface area contributed by atoms with Crippen molar-refractivity contribution in [1.82, 2.24) is 9.55 Å². The van der Waals surface area contributed by atoms with Crippen molar-refractivity contribution in [2.75, 3.05) is 5.32 Å². The van der Waals surface area contributed by atoms with Gasteiger partial charge in [0.1, 0.15) is 5.82 Å². The van der Waals surface area contributed by atoms with Crippen molar-refractivity contribution in [1.29, 1.82) is 0 Å². The van der Waals surface area contributed by atoms with Crippen LogP contribution in [-0.4, -0.2) is 15.5 Å². The van der Waals surface area contributed by atoms with E-state index >= 15 is 0 Å². The third-order valence-electron chi connectivity index (χ3n) is 4.45. The monoisotopic (exact) mass is 407 g/mol. The molecule has 0 bridgehead atoms. The van der Waals surface area contributed by atoms with Crippen molar-refractivity contribution in [2.45, 2.75) is 13.3 Å². The molecule has 0 spiro atoms. The van der Waals surface area contributed by atoms with Gasteiger partial charge in [-0.15, -0.1) is 0 Å². The van der Waals surface area contributed by atoms with E-state index in [2.05, 4.69) is 23.5 Å². The fourth-order valence-corrected chi connectivity index (χ4v) is 3.03. The summed E-state index contributed by atoms with van der Waals surface area (Å²) in [5.41, 5.74) is 1.32. The van der Waals surface area contributed by atoms with Crippen LogP contribution in [0.3, 0.4) is 0 Å². The second kappa shape index (κ2) is 8.65. The average molecular weight is 407 g/mol. The van der Waals surface area contributed by atoms with Gasteiger partial charge in [0.2, 0.25) is 5.91 Å². The number of halogens is 2. The van der Waals surface area contributed by atoms with Crippen LogP contribution in [0.15, 0.2) is 78.2 Å². The molecule has 5 nitrogen and oxygen atoms in total. The number of benzene rings is 2. The number of carbonyl (C=O) groups is 1. The first-order chi connectivity index (χ1) is 14.3. The van der Waals surface area contributed by atoms with Gasteiger partial charge >= 0.3 is 0 Å². The lowest BCUT2D eigenvalue weighted by molar-refractivity contribution is -0.115. The van der Waals surface area contributed by atoms with Gasteiger partial charge < -0.3 is 5.32 Å². The molecule has 0 aliphatic carbocycles. The molecule has 0 aliphatic heterocycles. The summed E-state index contributed by atoms with van der Waals surface area (Å²) in [6.07, 6.45) is 5.01. The maximum atomic E-state index is 13.6. The molecule has 1 amide bonds. The van der Waals surface area contributed by atoms with E-state index in [1.54, 1.807) is 49.4 Å². The van der Waals surface area contributed by atoms with Crippen LogP contribution in [0.5, 0.6) is 0 Å². The van der Waals surface area contributed by atoms with E-state index in [-0.39, 0.29) is 23.2 Å². The van der Waals surface area contributed by atoms with Crippen LogP contribution in [0, 0.1) is 18.6 Å². The quantitative estimate of drug-likeness (QED) is 0.608. The van der Waals surface area contributed by atoms with Crippen molar-refractivity contribution >= 4 is 22.5 Å². The third-order valence-corrected chi connectivity index (χ3v) is 4.45. The summed E-state index contributed by atoms with van der Waals surface area (Å²) in [6.45, 7) is 8.84. The van der Waals surface area contributed by atoms with E-state index in [0.717, 1.165) is 17.7 Å². The standard InChI is InChI=1S/C23H19F2N3O2/c1-4-6-15(5-2)11-22(29)27-16-7-9-17(10-8-16)28-14(3)26-21-13-20(25)19(24)12-18(21)23(28)30/h4-10,12-13H,1-2,11H2,3H3,(H,27,29)/b15-6+. The van der Waals surface area contributed by atoms with Crippen LogP contribution in [0.25, 0.3) is 16.6 Å². The number of rotatable bonds is 6. The van der Waals surface area contributed by atoms with Crippen LogP contribution in [0.1, 0.15) is 12.2 Å². The second-order valence-corrected chi connectivity index (χ2v) is 6.54. The fraction of sp³-hybridized carbons (Fsp3) is 0.0870. The third kappa shape index (κ3) is 4.25. The number of aryl methyl sites for hydroxylation is 1. The van der Waals surface area contributed by atoms with Gasteiger partial charge in [-0.2, -0.15) is 0 Å². The van der Waals surface area contributed by atoms with Crippen molar-refractivity contribution in [2.24, 2.45) is 0 Å². The minimum absolute atomic E-state index is 0.0251. The highest BCUT2D eigenvalue weighted by Gasteiger charge is 2.14. The summed E-state index contributed by atoms with van der Waals surface area (Å²) in [5.74, 6) is -2.08. The molecule has 1 heterocycles. The summed E-state index contributed by atoms with van der Waals surface area (Å²) in [5, 5.41) is 2.74. The van der Waals surface area contributed by atoms with Crippen LogP contribution < -0.4 is 10.9 Å². The summed E-state index contributed by atoms with van der Waals surface area (Å²) < 4.78 is 28.4. The molecule has 1 aromatic heterocycles. The van der Waals surface area contributed by atoms with E-state index in [1.165, 1.54) is 4.57 Å². The number of nitrogens with one attached hydrogen (secondary N) is 1. The summed E-state index contributed by atoms with van der Waals surface area (Å²) in [6, 6.07) is 8.29. The number of carbonyl (C=O) groups excluding carboxylic acids is 1. The van der Waals surface area contributed by atoms with Crippen LogP contribution in [-0.2, 0) is 4.79 Å². The van der Waals surface area contributed by atoms with Gasteiger partial charge in [-0.05, 0) is 42.8 Å². The highest BCUT2D eigenvalue weighted by atomic mass is 19.2. The number of aromatic nitrogens is 2. The Morgan fingerprint density at radius 3 is 2.47 bits per heavy atom. The number of fused-ring (bicyclic) bond motifs is 1. The van der Waals surface area contributed by atoms with Gasteiger partial charge in [0, 0.05) is 11.8 Å². The summed E-state index contributed by atoms with van der Waals surface area (Å²) >= 11 is 0. The van der Waals surface area contributed by atoms with Crippen molar-refractivity contribution < 1.29 is 13.6 Å². The van der Waals surface area contributed by atoms with Gasteiger partial charge in [0.05, 0.1) is 23.0 Å². The highest BCUT2D eigenvalue weighted by Crippen LogP contribution is 2.18. The molecule has 30 heavy (non-hydrogen) atoms. The average Bonchev–Trinajstić information content (AvgIpc) is 2.70. The Morgan fingerprint density at radius 1 is 1.17 bits per heavy atom. The van der Waals surface area contributed by atoms with E-state index in [9.17, 15) is 18.4 Å². The largest absolute Gasteiger partial charge is 0.326 e. The van der Waals surface area contributed by atoms with Crippen molar-refractivity contribution in [3.63, 3.8) is 0 Å². The second-order valence-electron chi connectivity index (χ2n) is 6.54. The molecule has 2 aromatic carbocycles. The smallest absolute Gasteiger partial charge is 0.266 e. The number of hydrogen-bond donors (Lipinski definition) is 1. The van der Waals surface area contributed by atoms with Gasteiger partial charge in [-0.25, -0.2) is 13.8 Å². The van der Waals surface area contributed by atoms with Gasteiger partial charge in [-0.1, -0.05) is 31.4 Å². The lowest BCUT2D eigenvalue weighted by atomic mass is 10.1. The molecule has 0 fully saturated rings. The molecule has 0 unspecified atom stereocenters. The number of anilines is 1. The first-order valence-corrected chi connectivity index (χ1v) is 9.06. The first-order valence-electron chi connectivity index (χ1n) is 9.06. The Balaban J connectivity index is 1.90. The molecule has 0 saturated heterocycles. The maximum absolute atomic E-state index is 13.6. The predicted molar refractivity (Wildman–Crippen MR) is 114 cm³/mol. The number of hydrogen-bond acceptors (Lipinski definition) is 3. The molecule has 3 aromatic rings. The van der Waals surface area contributed by atoms with E-state index in [4.69, 9.17) is 0 Å². The SMILES string of the molecule is C=C/C=C(\C=C)CC(=O)Nc1ccc(-n2c(C)nc3cc(F)c(F)cc3c2=O)cc1. The number of amides is 1. The van der Waals surface area contributed by atoms with Gasteiger partial charge in [0.25, 0.3) is 5.56 Å². The number of allylic oxidation sites excluding steroid dienone is 3. The Hall–Kier alpha value is -3.87. The molecule has 1 N–H and O–H groups in total. The molecule has 0 saturated carbocycles. The fourth-order valence-electron chi connectivity index (χ4n) is 3.03. The Kier molecular flexibility index (Phi) is 6.01. The van der Waals surface area contributed by atoms with Gasteiger partial charge in [0.15, 0.2) is 11.6 Å². The summed E-state index contributed by atoms with van der Waals surface area (Å²) in [7, 11) is 0. The predicted octanol–water partition coefficient (Wildman–Crippen LogP) is 4.60. The van der Waals surface area contributed by atoms with E-state index in [0.29, 0.717) is 17.2 Å². The zero-order valence-corrected chi connectivity index (χ0v) is 16.3. The lowest BCUT2D eigenvalue weighted by Gasteiger charge is -2.12. The highest BCUT2D eigenvalue weighted by molar-refractivity contribution is 5.92. The van der Waals surface area contributed by atoms with Crippen molar-refractivity contribution in [3.8, 4) is 5.69 Å². The normalized spacial score (nSPS) is 11.4. The molecule has 0 atom stereocenters. The van der Waals surface area contributed by atoms with Crippen molar-refractivity contribution in [3.05, 3.63) is 101 Å². The topological polar surface area (TPSA) is 64.0 Å². The minimum atomic E-state index is -1.11. The molecule has 0 aliphatic rings. The molecular weight excluding hydrogens is 388 g/mol. The molecule has 7 heteroatoms. The Labute approximate surface area is 171 Å². The molecule has 3 rings (SSSR count).